The van der Waals surface area contributed by atoms with Crippen LogP contribution in [0.2, 0.25) is 0 Å². The Kier molecular flexibility index (Phi) is 6.15. The molecule has 0 aliphatic carbocycles. The van der Waals surface area contributed by atoms with Crippen LogP contribution in [0.15, 0.2) is 18.2 Å². The normalized spacial score (nSPS) is 14.2. The van der Waals surface area contributed by atoms with E-state index in [4.69, 9.17) is 9.47 Å². The molecule has 1 aliphatic heterocycles. The molecule has 0 spiro atoms. The van der Waals surface area contributed by atoms with E-state index in [9.17, 15) is 19.7 Å². The third-order valence-electron chi connectivity index (χ3n) is 3.89. The van der Waals surface area contributed by atoms with E-state index in [0.29, 0.717) is 44.1 Å². The van der Waals surface area contributed by atoms with Crippen LogP contribution in [0.1, 0.15) is 12.5 Å². The van der Waals surface area contributed by atoms with Gasteiger partial charge < -0.3 is 19.3 Å². The summed E-state index contributed by atoms with van der Waals surface area (Å²) < 4.78 is 10.4. The first-order valence-electron chi connectivity index (χ1n) is 7.99. The lowest BCUT2D eigenvalue weighted by Gasteiger charge is -2.33. The van der Waals surface area contributed by atoms with Crippen molar-refractivity contribution >= 4 is 17.7 Å². The van der Waals surface area contributed by atoms with Gasteiger partial charge in [0, 0.05) is 37.8 Å². The highest BCUT2D eigenvalue weighted by molar-refractivity contribution is 5.78. The number of aryl methyl sites for hydroxylation is 1. The molecule has 0 atom stereocenters. The first-order valence-corrected chi connectivity index (χ1v) is 7.99. The van der Waals surface area contributed by atoms with Gasteiger partial charge in [-0.3, -0.25) is 14.9 Å². The molecule has 0 saturated carbocycles. The van der Waals surface area contributed by atoms with E-state index in [1.54, 1.807) is 23.6 Å². The lowest BCUT2D eigenvalue weighted by molar-refractivity contribution is -0.385. The van der Waals surface area contributed by atoms with Crippen LogP contribution >= 0.6 is 0 Å². The number of nitrogens with zero attached hydrogens (tertiary/aromatic N) is 3. The molecule has 1 aromatic carbocycles. The molecule has 25 heavy (non-hydrogen) atoms. The van der Waals surface area contributed by atoms with E-state index < -0.39 is 4.92 Å². The highest BCUT2D eigenvalue weighted by Gasteiger charge is 2.25. The molecular formula is C16H21N3O6. The van der Waals surface area contributed by atoms with Crippen LogP contribution in [0.4, 0.5) is 10.5 Å². The number of hydrogen-bond donors (Lipinski definition) is 0. The second kappa shape index (κ2) is 8.32. The Balaban J connectivity index is 1.82. The maximum atomic E-state index is 12.2. The van der Waals surface area contributed by atoms with Crippen molar-refractivity contribution in [2.45, 2.75) is 13.8 Å². The molecule has 9 heteroatoms. The smallest absolute Gasteiger partial charge is 0.409 e. The molecule has 0 N–H and O–H groups in total. The lowest BCUT2D eigenvalue weighted by atomic mass is 10.2. The molecule has 2 rings (SSSR count). The molecule has 0 bridgehead atoms. The number of ether oxygens (including phenoxy) is 2. The number of amides is 2. The molecule has 1 saturated heterocycles. The minimum absolute atomic E-state index is 0.00811. The molecule has 1 heterocycles. The summed E-state index contributed by atoms with van der Waals surface area (Å²) in [5, 5.41) is 10.8. The quantitative estimate of drug-likeness (QED) is 0.589. The Hall–Kier alpha value is -2.84. The van der Waals surface area contributed by atoms with E-state index in [1.165, 1.54) is 18.2 Å². The fraction of sp³-hybridized carbons (Fsp3) is 0.500. The third kappa shape index (κ3) is 4.82. The SMILES string of the molecule is CCOC(=O)N1CCN(C(=O)COc2ccc([N+](=O)[O-])c(C)c2)CC1. The fourth-order valence-corrected chi connectivity index (χ4v) is 2.51. The average molecular weight is 351 g/mol. The number of carbonyl (C=O) groups is 2. The van der Waals surface area contributed by atoms with E-state index in [2.05, 4.69) is 0 Å². The first kappa shape index (κ1) is 18.5. The predicted octanol–water partition coefficient (Wildman–Crippen LogP) is 1.58. The number of benzene rings is 1. The minimum Gasteiger partial charge on any atom is -0.484 e. The van der Waals surface area contributed by atoms with Crippen molar-refractivity contribution in [1.82, 2.24) is 9.80 Å². The Labute approximate surface area is 145 Å². The summed E-state index contributed by atoms with van der Waals surface area (Å²) in [5.41, 5.74) is 0.478. The second-order valence-electron chi connectivity index (χ2n) is 5.56. The number of hydrogen-bond acceptors (Lipinski definition) is 6. The summed E-state index contributed by atoms with van der Waals surface area (Å²) in [7, 11) is 0. The van der Waals surface area contributed by atoms with E-state index in [1.807, 2.05) is 0 Å². The topological polar surface area (TPSA) is 102 Å². The van der Waals surface area contributed by atoms with Gasteiger partial charge in [-0.25, -0.2) is 4.79 Å². The zero-order valence-electron chi connectivity index (χ0n) is 14.3. The fourth-order valence-electron chi connectivity index (χ4n) is 2.51. The average Bonchev–Trinajstić information content (AvgIpc) is 2.59. The molecule has 2 amide bonds. The number of nitro groups is 1. The molecule has 0 radical (unpaired) electrons. The Morgan fingerprint density at radius 1 is 1.20 bits per heavy atom. The van der Waals surface area contributed by atoms with Crippen molar-refractivity contribution in [3.8, 4) is 5.75 Å². The van der Waals surface area contributed by atoms with Gasteiger partial charge in [-0.1, -0.05) is 0 Å². The summed E-state index contributed by atoms with van der Waals surface area (Å²) >= 11 is 0. The minimum atomic E-state index is -0.465. The monoisotopic (exact) mass is 351 g/mol. The lowest BCUT2D eigenvalue weighted by Crippen LogP contribution is -2.51. The van der Waals surface area contributed by atoms with E-state index in [-0.39, 0.29) is 24.3 Å². The molecule has 0 unspecified atom stereocenters. The van der Waals surface area contributed by atoms with Crippen LogP contribution in [-0.2, 0) is 9.53 Å². The molecule has 1 aromatic rings. The van der Waals surface area contributed by atoms with Gasteiger partial charge in [-0.15, -0.1) is 0 Å². The zero-order chi connectivity index (χ0) is 18.4. The second-order valence-corrected chi connectivity index (χ2v) is 5.56. The summed E-state index contributed by atoms with van der Waals surface area (Å²) in [6, 6.07) is 4.36. The Morgan fingerprint density at radius 3 is 2.40 bits per heavy atom. The Morgan fingerprint density at radius 2 is 1.84 bits per heavy atom. The van der Waals surface area contributed by atoms with Gasteiger partial charge in [0.05, 0.1) is 11.5 Å². The van der Waals surface area contributed by atoms with Gasteiger partial charge >= 0.3 is 6.09 Å². The van der Waals surface area contributed by atoms with Crippen LogP contribution in [-0.4, -0.2) is 66.1 Å². The van der Waals surface area contributed by atoms with Gasteiger partial charge in [0.15, 0.2) is 6.61 Å². The predicted molar refractivity (Wildman–Crippen MR) is 88.5 cm³/mol. The van der Waals surface area contributed by atoms with Crippen molar-refractivity contribution in [3.63, 3.8) is 0 Å². The van der Waals surface area contributed by atoms with Gasteiger partial charge in [0.1, 0.15) is 5.75 Å². The van der Waals surface area contributed by atoms with Crippen molar-refractivity contribution in [2.24, 2.45) is 0 Å². The highest BCUT2D eigenvalue weighted by atomic mass is 16.6. The van der Waals surface area contributed by atoms with Crippen molar-refractivity contribution < 1.29 is 24.0 Å². The van der Waals surface area contributed by atoms with Gasteiger partial charge in [0.2, 0.25) is 0 Å². The van der Waals surface area contributed by atoms with E-state index >= 15 is 0 Å². The standard InChI is InChI=1S/C16H21N3O6/c1-3-24-16(21)18-8-6-17(7-9-18)15(20)11-25-13-4-5-14(19(22)23)12(2)10-13/h4-5,10H,3,6-9,11H2,1-2H3. The third-order valence-corrected chi connectivity index (χ3v) is 3.89. The van der Waals surface area contributed by atoms with Crippen molar-refractivity contribution in [2.75, 3.05) is 39.4 Å². The van der Waals surface area contributed by atoms with Crippen LogP contribution in [0.25, 0.3) is 0 Å². The van der Waals surface area contributed by atoms with Gasteiger partial charge in [-0.2, -0.15) is 0 Å². The van der Waals surface area contributed by atoms with Crippen LogP contribution in [0.5, 0.6) is 5.75 Å². The summed E-state index contributed by atoms with van der Waals surface area (Å²) in [6.07, 6.45) is -0.368. The number of carbonyl (C=O) groups excluding carboxylic acids is 2. The maximum Gasteiger partial charge on any atom is 0.409 e. The summed E-state index contributed by atoms with van der Waals surface area (Å²) in [5.74, 6) is 0.209. The largest absolute Gasteiger partial charge is 0.484 e. The number of piperazine rings is 1. The number of nitro benzene ring substituents is 1. The molecule has 1 fully saturated rings. The zero-order valence-corrected chi connectivity index (χ0v) is 14.3. The highest BCUT2D eigenvalue weighted by Crippen LogP contribution is 2.23. The molecule has 9 nitrogen and oxygen atoms in total. The Bertz CT molecular complexity index is 655. The van der Waals surface area contributed by atoms with Crippen LogP contribution < -0.4 is 4.74 Å². The molecular weight excluding hydrogens is 330 g/mol. The molecule has 0 aromatic heterocycles. The van der Waals surface area contributed by atoms with Crippen LogP contribution in [0.3, 0.4) is 0 Å². The van der Waals surface area contributed by atoms with Gasteiger partial charge in [0.25, 0.3) is 11.6 Å². The molecule has 136 valence electrons. The van der Waals surface area contributed by atoms with Gasteiger partial charge in [-0.05, 0) is 26.0 Å². The summed E-state index contributed by atoms with van der Waals surface area (Å²) in [6.45, 7) is 5.19. The van der Waals surface area contributed by atoms with E-state index in [0.717, 1.165) is 0 Å². The van der Waals surface area contributed by atoms with Crippen molar-refractivity contribution in [3.05, 3.63) is 33.9 Å². The maximum absolute atomic E-state index is 12.2. The van der Waals surface area contributed by atoms with Crippen molar-refractivity contribution in [1.29, 1.82) is 0 Å². The summed E-state index contributed by atoms with van der Waals surface area (Å²) in [4.78, 5) is 37.3. The molecule has 1 aliphatic rings. The number of rotatable bonds is 5. The first-order chi connectivity index (χ1) is 11.9. The van der Waals surface area contributed by atoms with Crippen LogP contribution in [0, 0.1) is 17.0 Å².